The van der Waals surface area contributed by atoms with Gasteiger partial charge in [0.05, 0.1) is 0 Å². The molecule has 6 nitrogen and oxygen atoms in total. The Kier molecular flexibility index (Phi) is 7.59. The number of benzene rings is 2. The zero-order valence-electron chi connectivity index (χ0n) is 19.9. The number of carbonyl (C=O) groups excluding carboxylic acids is 2. The van der Waals surface area contributed by atoms with Crippen LogP contribution < -0.4 is 11.5 Å². The molecule has 0 fully saturated rings. The van der Waals surface area contributed by atoms with Gasteiger partial charge in [0, 0.05) is 0 Å². The molecule has 168 valence electrons. The summed E-state index contributed by atoms with van der Waals surface area (Å²) >= 11 is 0. The van der Waals surface area contributed by atoms with Gasteiger partial charge in [-0.15, -0.1) is 0 Å². The van der Waals surface area contributed by atoms with Crippen LogP contribution >= 0.6 is 0 Å². The van der Waals surface area contributed by atoms with Crippen LogP contribution in [0.15, 0.2) is 23.3 Å². The van der Waals surface area contributed by atoms with Gasteiger partial charge in [-0.05, 0) is 116 Å². The lowest BCUT2D eigenvalue weighted by molar-refractivity contribution is -0.115. The summed E-state index contributed by atoms with van der Waals surface area (Å²) in [5.41, 5.74) is 20.2. The molecule has 0 atom stereocenters. The second-order valence-electron chi connectivity index (χ2n) is 8.30. The quantitative estimate of drug-likeness (QED) is 0.520. The number of nitrogens with two attached hydrogens (primary N) is 2. The van der Waals surface area contributed by atoms with Gasteiger partial charge < -0.3 is 11.5 Å². The summed E-state index contributed by atoms with van der Waals surface area (Å²) in [5, 5.41) is 18.6. The van der Waals surface area contributed by atoms with E-state index < -0.39 is 11.8 Å². The molecular formula is C27H28N4O2. The highest BCUT2D eigenvalue weighted by molar-refractivity contribution is 6.01. The Bertz CT molecular complexity index is 1210. The topological polar surface area (TPSA) is 134 Å². The van der Waals surface area contributed by atoms with Crippen molar-refractivity contribution >= 4 is 24.0 Å². The monoisotopic (exact) mass is 440 g/mol. The zero-order chi connectivity index (χ0) is 25.0. The van der Waals surface area contributed by atoms with E-state index in [1.54, 1.807) is 12.2 Å². The van der Waals surface area contributed by atoms with Crippen LogP contribution in [0.3, 0.4) is 0 Å². The van der Waals surface area contributed by atoms with Crippen LogP contribution in [0.4, 0.5) is 0 Å². The number of rotatable bonds is 6. The van der Waals surface area contributed by atoms with Crippen LogP contribution in [-0.2, 0) is 16.0 Å². The third-order valence-corrected chi connectivity index (χ3v) is 6.08. The number of amides is 2. The van der Waals surface area contributed by atoms with E-state index in [-0.39, 0.29) is 11.1 Å². The number of nitriles is 2. The smallest absolute Gasteiger partial charge is 0.259 e. The van der Waals surface area contributed by atoms with E-state index >= 15 is 0 Å². The summed E-state index contributed by atoms with van der Waals surface area (Å²) in [6.45, 7) is 11.9. The molecule has 0 spiro atoms. The fourth-order valence-corrected chi connectivity index (χ4v) is 4.26. The molecule has 0 heterocycles. The van der Waals surface area contributed by atoms with Gasteiger partial charge in [-0.3, -0.25) is 9.59 Å². The molecule has 0 radical (unpaired) electrons. The maximum Gasteiger partial charge on any atom is 0.259 e. The molecule has 0 aromatic heterocycles. The lowest BCUT2D eigenvalue weighted by Crippen LogP contribution is -2.13. The summed E-state index contributed by atoms with van der Waals surface area (Å²) < 4.78 is 0. The average Bonchev–Trinajstić information content (AvgIpc) is 2.72. The molecule has 0 aliphatic heterocycles. The Balaban J connectivity index is 2.75. The van der Waals surface area contributed by atoms with Crippen molar-refractivity contribution in [2.45, 2.75) is 48.0 Å². The van der Waals surface area contributed by atoms with Crippen LogP contribution in [0.2, 0.25) is 0 Å². The number of primary amides is 2. The molecule has 0 saturated carbocycles. The summed E-state index contributed by atoms with van der Waals surface area (Å²) in [4.78, 5) is 23.2. The molecule has 33 heavy (non-hydrogen) atoms. The number of hydrogen-bond donors (Lipinski definition) is 2. The number of carbonyl (C=O) groups is 2. The van der Waals surface area contributed by atoms with Gasteiger partial charge >= 0.3 is 0 Å². The maximum atomic E-state index is 11.6. The van der Waals surface area contributed by atoms with Crippen molar-refractivity contribution in [1.29, 1.82) is 10.5 Å². The normalized spacial score (nSPS) is 11.6. The Labute approximate surface area is 194 Å². The van der Waals surface area contributed by atoms with Crippen molar-refractivity contribution in [3.05, 3.63) is 78.9 Å². The van der Waals surface area contributed by atoms with Crippen molar-refractivity contribution in [3.63, 3.8) is 0 Å². The van der Waals surface area contributed by atoms with Crippen molar-refractivity contribution in [3.8, 4) is 12.1 Å². The molecule has 0 saturated heterocycles. The van der Waals surface area contributed by atoms with Crippen LogP contribution in [-0.4, -0.2) is 11.8 Å². The molecular weight excluding hydrogens is 412 g/mol. The highest BCUT2D eigenvalue weighted by atomic mass is 16.1. The van der Waals surface area contributed by atoms with Crippen LogP contribution in [0.25, 0.3) is 12.2 Å². The van der Waals surface area contributed by atoms with Crippen LogP contribution in [0, 0.1) is 64.2 Å². The minimum atomic E-state index is -0.761. The lowest BCUT2D eigenvalue weighted by atomic mass is 9.84. The fourth-order valence-electron chi connectivity index (χ4n) is 4.26. The first kappa shape index (κ1) is 25.1. The SMILES string of the molecule is Cc1cc(C)c(Cc2c(C)cc(C)c(/C=C(\C#N)C(N)=O)c2C)c(C)c1/C=C(/C#N)C(N)=O. The van der Waals surface area contributed by atoms with E-state index in [0.717, 1.165) is 55.6 Å². The summed E-state index contributed by atoms with van der Waals surface area (Å²) in [7, 11) is 0. The number of aryl methyl sites for hydroxylation is 4. The van der Waals surface area contributed by atoms with Crippen LogP contribution in [0.1, 0.15) is 55.6 Å². The number of hydrogen-bond acceptors (Lipinski definition) is 4. The Hall–Kier alpha value is -4.16. The second-order valence-corrected chi connectivity index (χ2v) is 8.30. The van der Waals surface area contributed by atoms with E-state index in [1.807, 2.05) is 65.8 Å². The Morgan fingerprint density at radius 2 is 1.06 bits per heavy atom. The standard InChI is InChI=1S/C27H28N4O2/c1-14-7-16(3)24(18(5)22(14)9-20(12-28)26(30)32)11-25-17(4)8-15(2)23(19(25)6)10-21(13-29)27(31)33/h7-10H,11H2,1-6H3,(H2,30,32)(H2,31,33)/b20-9-,21-10+. The third-order valence-electron chi connectivity index (χ3n) is 6.08. The summed E-state index contributed by atoms with van der Waals surface area (Å²) in [5.74, 6) is -1.52. The third kappa shape index (κ3) is 5.19. The van der Waals surface area contributed by atoms with Crippen molar-refractivity contribution in [1.82, 2.24) is 0 Å². The van der Waals surface area contributed by atoms with E-state index in [9.17, 15) is 20.1 Å². The highest BCUT2D eigenvalue weighted by Crippen LogP contribution is 2.31. The van der Waals surface area contributed by atoms with Gasteiger partial charge in [-0.1, -0.05) is 12.1 Å². The summed E-state index contributed by atoms with van der Waals surface area (Å²) in [6.07, 6.45) is 3.70. The van der Waals surface area contributed by atoms with E-state index in [4.69, 9.17) is 11.5 Å². The highest BCUT2D eigenvalue weighted by Gasteiger charge is 2.17. The lowest BCUT2D eigenvalue weighted by Gasteiger charge is -2.20. The van der Waals surface area contributed by atoms with Crippen molar-refractivity contribution in [2.24, 2.45) is 11.5 Å². The number of nitrogens with zero attached hydrogens (tertiary/aromatic N) is 2. The zero-order valence-corrected chi connectivity index (χ0v) is 19.9. The van der Waals surface area contributed by atoms with Crippen molar-refractivity contribution in [2.75, 3.05) is 0 Å². The predicted molar refractivity (Wildman–Crippen MR) is 130 cm³/mol. The van der Waals surface area contributed by atoms with Gasteiger partial charge in [0.15, 0.2) is 0 Å². The van der Waals surface area contributed by atoms with Gasteiger partial charge in [0.2, 0.25) is 0 Å². The van der Waals surface area contributed by atoms with Gasteiger partial charge in [-0.2, -0.15) is 10.5 Å². The molecule has 6 heteroatoms. The Morgan fingerprint density at radius 1 is 0.727 bits per heavy atom. The molecule has 2 amide bonds. The minimum Gasteiger partial charge on any atom is -0.365 e. The van der Waals surface area contributed by atoms with E-state index in [1.165, 1.54) is 0 Å². The molecule has 0 unspecified atom stereocenters. The minimum absolute atomic E-state index is 0.0957. The first-order valence-electron chi connectivity index (χ1n) is 10.4. The molecule has 2 aromatic rings. The molecule has 4 N–H and O–H groups in total. The molecule has 0 bridgehead atoms. The van der Waals surface area contributed by atoms with Gasteiger partial charge in [0.1, 0.15) is 23.3 Å². The first-order valence-corrected chi connectivity index (χ1v) is 10.4. The van der Waals surface area contributed by atoms with Crippen LogP contribution in [0.5, 0.6) is 0 Å². The summed E-state index contributed by atoms with van der Waals surface area (Å²) in [6, 6.07) is 7.80. The van der Waals surface area contributed by atoms with Gasteiger partial charge in [-0.25, -0.2) is 0 Å². The molecule has 0 aliphatic carbocycles. The Morgan fingerprint density at radius 3 is 1.33 bits per heavy atom. The van der Waals surface area contributed by atoms with Gasteiger partial charge in [0.25, 0.3) is 11.8 Å². The second kappa shape index (κ2) is 9.97. The average molecular weight is 441 g/mol. The fraction of sp³-hybridized carbons (Fsp3) is 0.259. The van der Waals surface area contributed by atoms with E-state index in [2.05, 4.69) is 0 Å². The predicted octanol–water partition coefficient (Wildman–Crippen LogP) is 3.91. The molecule has 2 aromatic carbocycles. The molecule has 2 rings (SSSR count). The molecule has 0 aliphatic rings. The first-order chi connectivity index (χ1) is 15.4. The maximum absolute atomic E-state index is 11.6. The van der Waals surface area contributed by atoms with E-state index in [0.29, 0.717) is 6.42 Å². The largest absolute Gasteiger partial charge is 0.365 e. The van der Waals surface area contributed by atoms with Crippen molar-refractivity contribution < 1.29 is 9.59 Å².